The van der Waals surface area contributed by atoms with Crippen LogP contribution in [0, 0.1) is 13.8 Å². The van der Waals surface area contributed by atoms with Crippen molar-refractivity contribution in [2.45, 2.75) is 32.9 Å². The molecule has 0 bridgehead atoms. The highest BCUT2D eigenvalue weighted by atomic mass is 16.2. The second kappa shape index (κ2) is 10.1. The molecule has 0 fully saturated rings. The van der Waals surface area contributed by atoms with Crippen LogP contribution in [-0.4, -0.2) is 31.8 Å². The molecule has 0 radical (unpaired) electrons. The molecule has 1 atom stereocenters. The Bertz CT molecular complexity index is 1570. The van der Waals surface area contributed by atoms with Crippen LogP contribution in [0.15, 0.2) is 103 Å². The van der Waals surface area contributed by atoms with Crippen LogP contribution in [0.5, 0.6) is 0 Å². The molecule has 1 aliphatic rings. The standard InChI is InChI=1S/C32H31N5O/c1-23-11-9-14-26(21-23)30-29-17-10-20-35(29)31-28(24(2)34-37(31)27-15-7-4-8-16-27)22-36(30)32(38)33-19-18-25-12-5-3-6-13-25/h3-17,20-21,30H,18-19,22H2,1-2H3,(H,33,38)/t30-/m1/s1. The van der Waals surface area contributed by atoms with Gasteiger partial charge < -0.3 is 14.8 Å². The molecular formula is C32H31N5O. The highest BCUT2D eigenvalue weighted by Crippen LogP contribution is 2.38. The van der Waals surface area contributed by atoms with Crippen LogP contribution < -0.4 is 5.32 Å². The highest BCUT2D eigenvalue weighted by molar-refractivity contribution is 5.76. The van der Waals surface area contributed by atoms with Gasteiger partial charge in [-0.1, -0.05) is 78.4 Å². The number of para-hydroxylation sites is 1. The zero-order valence-electron chi connectivity index (χ0n) is 21.7. The van der Waals surface area contributed by atoms with E-state index in [2.05, 4.69) is 83.7 Å². The Hall–Kier alpha value is -4.58. The minimum absolute atomic E-state index is 0.0834. The maximum atomic E-state index is 13.9. The lowest BCUT2D eigenvalue weighted by atomic mass is 10.00. The summed E-state index contributed by atoms with van der Waals surface area (Å²) in [5, 5.41) is 8.13. The number of benzene rings is 3. The molecule has 0 saturated heterocycles. The summed E-state index contributed by atoms with van der Waals surface area (Å²) in [6.45, 7) is 5.14. The van der Waals surface area contributed by atoms with E-state index in [-0.39, 0.29) is 12.1 Å². The first-order valence-corrected chi connectivity index (χ1v) is 13.1. The number of fused-ring (bicyclic) bond motifs is 3. The maximum Gasteiger partial charge on any atom is 0.318 e. The van der Waals surface area contributed by atoms with Gasteiger partial charge in [0.15, 0.2) is 0 Å². The smallest absolute Gasteiger partial charge is 0.318 e. The Labute approximate surface area is 223 Å². The molecule has 3 heterocycles. The summed E-state index contributed by atoms with van der Waals surface area (Å²) >= 11 is 0. The van der Waals surface area contributed by atoms with E-state index < -0.39 is 0 Å². The predicted molar refractivity (Wildman–Crippen MR) is 150 cm³/mol. The van der Waals surface area contributed by atoms with Crippen LogP contribution in [0.1, 0.15) is 39.7 Å². The second-order valence-electron chi connectivity index (χ2n) is 9.85. The summed E-state index contributed by atoms with van der Waals surface area (Å²) in [4.78, 5) is 15.9. The number of aromatic nitrogens is 3. The number of rotatable bonds is 5. The zero-order chi connectivity index (χ0) is 26.1. The fourth-order valence-corrected chi connectivity index (χ4v) is 5.40. The molecule has 0 aliphatic carbocycles. The number of hydrogen-bond acceptors (Lipinski definition) is 2. The number of aryl methyl sites for hydroxylation is 2. The average molecular weight is 502 g/mol. The van der Waals surface area contributed by atoms with Crippen molar-refractivity contribution in [3.8, 4) is 11.5 Å². The third-order valence-electron chi connectivity index (χ3n) is 7.24. The quantitative estimate of drug-likeness (QED) is 0.315. The van der Waals surface area contributed by atoms with Gasteiger partial charge in [-0.05, 0) is 55.7 Å². The van der Waals surface area contributed by atoms with Gasteiger partial charge in [0, 0.05) is 18.3 Å². The largest absolute Gasteiger partial charge is 0.338 e. The van der Waals surface area contributed by atoms with Gasteiger partial charge in [-0.2, -0.15) is 5.10 Å². The van der Waals surface area contributed by atoms with E-state index in [0.717, 1.165) is 40.4 Å². The maximum absolute atomic E-state index is 13.9. The highest BCUT2D eigenvalue weighted by Gasteiger charge is 2.35. The van der Waals surface area contributed by atoms with Crippen molar-refractivity contribution in [3.05, 3.63) is 137 Å². The Morgan fingerprint density at radius 3 is 2.45 bits per heavy atom. The van der Waals surface area contributed by atoms with Crippen molar-refractivity contribution in [3.63, 3.8) is 0 Å². The van der Waals surface area contributed by atoms with Crippen LogP contribution in [0.2, 0.25) is 0 Å². The molecule has 0 unspecified atom stereocenters. The fourth-order valence-electron chi connectivity index (χ4n) is 5.40. The summed E-state index contributed by atoms with van der Waals surface area (Å²) in [7, 11) is 0. The van der Waals surface area contributed by atoms with E-state index in [1.807, 2.05) is 52.9 Å². The first-order chi connectivity index (χ1) is 18.6. The summed E-state index contributed by atoms with van der Waals surface area (Å²) in [6, 6.07) is 32.7. The molecule has 1 aliphatic heterocycles. The van der Waals surface area contributed by atoms with E-state index in [4.69, 9.17) is 5.10 Å². The van der Waals surface area contributed by atoms with Crippen LogP contribution in [-0.2, 0) is 13.0 Å². The Kier molecular flexibility index (Phi) is 6.30. The van der Waals surface area contributed by atoms with Gasteiger partial charge in [-0.25, -0.2) is 9.48 Å². The summed E-state index contributed by atoms with van der Waals surface area (Å²) < 4.78 is 4.20. The summed E-state index contributed by atoms with van der Waals surface area (Å²) in [6.07, 6.45) is 2.86. The molecule has 6 rings (SSSR count). The van der Waals surface area contributed by atoms with Gasteiger partial charge >= 0.3 is 6.03 Å². The normalized spacial score (nSPS) is 14.5. The minimum atomic E-state index is -0.252. The Morgan fingerprint density at radius 2 is 1.68 bits per heavy atom. The van der Waals surface area contributed by atoms with Gasteiger partial charge in [0.2, 0.25) is 0 Å². The third-order valence-corrected chi connectivity index (χ3v) is 7.24. The first-order valence-electron chi connectivity index (χ1n) is 13.1. The molecule has 6 nitrogen and oxygen atoms in total. The van der Waals surface area contributed by atoms with Crippen molar-refractivity contribution in [2.75, 3.05) is 6.54 Å². The number of amides is 2. The second-order valence-corrected chi connectivity index (χ2v) is 9.85. The Morgan fingerprint density at radius 1 is 0.921 bits per heavy atom. The van der Waals surface area contributed by atoms with Gasteiger partial charge in [0.25, 0.3) is 0 Å². The molecule has 1 N–H and O–H groups in total. The molecule has 2 aromatic heterocycles. The molecule has 190 valence electrons. The van der Waals surface area contributed by atoms with Crippen molar-refractivity contribution in [1.82, 2.24) is 24.6 Å². The first kappa shape index (κ1) is 23.8. The number of nitrogens with zero attached hydrogens (tertiary/aromatic N) is 4. The van der Waals surface area contributed by atoms with Crippen molar-refractivity contribution >= 4 is 6.03 Å². The lowest BCUT2D eigenvalue weighted by Gasteiger charge is -2.31. The summed E-state index contributed by atoms with van der Waals surface area (Å²) in [5.41, 5.74) is 7.43. The topological polar surface area (TPSA) is 55.1 Å². The van der Waals surface area contributed by atoms with E-state index in [1.165, 1.54) is 11.1 Å². The monoisotopic (exact) mass is 501 g/mol. The number of hydrogen-bond donors (Lipinski definition) is 1. The lowest BCUT2D eigenvalue weighted by Crippen LogP contribution is -2.42. The molecule has 0 saturated carbocycles. The van der Waals surface area contributed by atoms with Gasteiger partial charge in [-0.15, -0.1) is 0 Å². The van der Waals surface area contributed by atoms with Crippen molar-refractivity contribution < 1.29 is 4.79 Å². The van der Waals surface area contributed by atoms with Gasteiger partial charge in [-0.3, -0.25) is 0 Å². The number of carbonyl (C=O) groups is 1. The average Bonchev–Trinajstić information content (AvgIpc) is 3.50. The number of urea groups is 1. The molecular weight excluding hydrogens is 470 g/mol. The van der Waals surface area contributed by atoms with Crippen molar-refractivity contribution in [1.29, 1.82) is 0 Å². The third kappa shape index (κ3) is 4.39. The predicted octanol–water partition coefficient (Wildman–Crippen LogP) is 6.14. The molecule has 0 spiro atoms. The Balaban J connectivity index is 1.44. The molecule has 38 heavy (non-hydrogen) atoms. The van der Waals surface area contributed by atoms with E-state index in [9.17, 15) is 4.79 Å². The minimum Gasteiger partial charge on any atom is -0.338 e. The molecule has 2 amide bonds. The van der Waals surface area contributed by atoms with Crippen LogP contribution in [0.25, 0.3) is 11.5 Å². The van der Waals surface area contributed by atoms with E-state index in [0.29, 0.717) is 13.1 Å². The lowest BCUT2D eigenvalue weighted by molar-refractivity contribution is 0.180. The summed E-state index contributed by atoms with van der Waals surface area (Å²) in [5.74, 6) is 0.978. The number of nitrogens with one attached hydrogen (secondary N) is 1. The van der Waals surface area contributed by atoms with Gasteiger partial charge in [0.1, 0.15) is 5.82 Å². The van der Waals surface area contributed by atoms with Crippen LogP contribution >= 0.6 is 0 Å². The fraction of sp³-hybridized carbons (Fsp3) is 0.188. The van der Waals surface area contributed by atoms with E-state index in [1.54, 1.807) is 0 Å². The molecule has 3 aromatic carbocycles. The van der Waals surface area contributed by atoms with Crippen molar-refractivity contribution in [2.24, 2.45) is 0 Å². The molecule has 6 heteroatoms. The van der Waals surface area contributed by atoms with Crippen LogP contribution in [0.4, 0.5) is 4.79 Å². The van der Waals surface area contributed by atoms with Gasteiger partial charge in [0.05, 0.1) is 29.7 Å². The number of carbonyl (C=O) groups excluding carboxylic acids is 1. The SMILES string of the molecule is Cc1cccc([C@@H]2c3cccn3-c3c(c(C)nn3-c3ccccc3)CN2C(=O)NCCc2ccccc2)c1. The zero-order valence-corrected chi connectivity index (χ0v) is 21.7. The van der Waals surface area contributed by atoms with E-state index >= 15 is 0 Å². The molecule has 5 aromatic rings. The van der Waals surface area contributed by atoms with Crippen LogP contribution in [0.3, 0.4) is 0 Å².